The number of likely N-dealkylation sites (tertiary alicyclic amines) is 1. The van der Waals surface area contributed by atoms with Crippen LogP contribution in [0.15, 0.2) is 48.7 Å². The molecule has 4 amide bonds. The van der Waals surface area contributed by atoms with E-state index in [2.05, 4.69) is 22.7 Å². The SMILES string of the molecule is CC(C)(C)OC(=O)N1CC[N+](C)(CCCOc2ccc3nccc(C(=O)NCC(=O)N4CCC[C@H]4C(=O)C(=O)NCc4ccc5c(c4)OCO5)c3c2)CC1. The Morgan fingerprint density at radius 3 is 2.52 bits per heavy atom. The number of aromatic nitrogens is 1. The van der Waals surface area contributed by atoms with Gasteiger partial charge in [0.15, 0.2) is 11.5 Å². The van der Waals surface area contributed by atoms with Crippen LogP contribution in [0.2, 0.25) is 0 Å². The average molecular weight is 746 g/mol. The number of likely N-dealkylation sites (N-methyl/N-ethyl adjacent to an activating group) is 1. The molecule has 15 heteroatoms. The smallest absolute Gasteiger partial charge is 0.410 e. The topological polar surface area (TPSA) is 166 Å². The Kier molecular flexibility index (Phi) is 11.5. The van der Waals surface area contributed by atoms with Crippen LogP contribution in [-0.4, -0.2) is 127 Å². The molecule has 2 fully saturated rings. The third-order valence-electron chi connectivity index (χ3n) is 9.93. The van der Waals surface area contributed by atoms with Gasteiger partial charge in [-0.3, -0.25) is 29.1 Å². The predicted octanol–water partition coefficient (Wildman–Crippen LogP) is 3.04. The molecule has 0 bridgehead atoms. The maximum absolute atomic E-state index is 13.4. The molecule has 2 saturated heterocycles. The van der Waals surface area contributed by atoms with Crippen LogP contribution in [0.5, 0.6) is 17.2 Å². The number of carbonyl (C=O) groups is 5. The van der Waals surface area contributed by atoms with Crippen molar-refractivity contribution in [1.29, 1.82) is 0 Å². The third kappa shape index (κ3) is 9.37. The van der Waals surface area contributed by atoms with Crippen LogP contribution in [0.4, 0.5) is 4.79 Å². The number of carbonyl (C=O) groups excluding carboxylic acids is 5. The van der Waals surface area contributed by atoms with E-state index >= 15 is 0 Å². The van der Waals surface area contributed by atoms with Gasteiger partial charge in [-0.1, -0.05) is 6.07 Å². The van der Waals surface area contributed by atoms with Crippen molar-refractivity contribution in [1.82, 2.24) is 25.4 Å². The Labute approximate surface area is 314 Å². The second kappa shape index (κ2) is 16.3. The standard InChI is InChI=1S/C39H48N6O9/c1-39(2,3)54-38(50)43-15-18-45(4,19-16-43)17-6-20-51-27-9-10-30-29(22-27)28(12-13-40-30)36(48)42-24-34(46)44-14-5-7-31(44)35(47)37(49)41-23-26-8-11-32-33(21-26)53-25-52-32/h8-13,21-22,31H,5-7,14-20,23-25H2,1-4H3,(H-,41,42,48,49)/p+1/t31-/m0/s1. The van der Waals surface area contributed by atoms with E-state index in [1.807, 2.05) is 26.8 Å². The zero-order valence-corrected chi connectivity index (χ0v) is 31.4. The Hall–Kier alpha value is -5.44. The van der Waals surface area contributed by atoms with Crippen LogP contribution in [-0.2, 0) is 25.7 Å². The molecule has 1 aromatic heterocycles. The summed E-state index contributed by atoms with van der Waals surface area (Å²) < 4.78 is 23.1. The Bertz CT molecular complexity index is 1900. The fourth-order valence-electron chi connectivity index (χ4n) is 6.89. The summed E-state index contributed by atoms with van der Waals surface area (Å²) in [5.41, 5.74) is 1.14. The van der Waals surface area contributed by atoms with E-state index < -0.39 is 35.1 Å². The van der Waals surface area contributed by atoms with Crippen molar-refractivity contribution >= 4 is 40.5 Å². The number of hydrogen-bond acceptors (Lipinski definition) is 10. The van der Waals surface area contributed by atoms with E-state index in [0.29, 0.717) is 72.8 Å². The van der Waals surface area contributed by atoms with Gasteiger partial charge >= 0.3 is 6.09 Å². The number of nitrogens with one attached hydrogen (secondary N) is 2. The Balaban J connectivity index is 0.973. The summed E-state index contributed by atoms with van der Waals surface area (Å²) in [7, 11) is 2.19. The molecule has 6 rings (SSSR count). The minimum atomic E-state index is -0.904. The lowest BCUT2D eigenvalue weighted by atomic mass is 10.1. The molecular formula is C39H49N6O9+. The average Bonchev–Trinajstić information content (AvgIpc) is 3.84. The highest BCUT2D eigenvalue weighted by molar-refractivity contribution is 6.38. The number of hydrogen-bond donors (Lipinski definition) is 2. The van der Waals surface area contributed by atoms with Crippen LogP contribution >= 0.6 is 0 Å². The maximum Gasteiger partial charge on any atom is 0.410 e. The van der Waals surface area contributed by atoms with Crippen molar-refractivity contribution in [3.8, 4) is 17.2 Å². The van der Waals surface area contributed by atoms with Crippen LogP contribution in [0.3, 0.4) is 0 Å². The molecule has 0 radical (unpaired) electrons. The van der Waals surface area contributed by atoms with E-state index in [0.717, 1.165) is 36.1 Å². The first-order valence-corrected chi connectivity index (χ1v) is 18.4. The minimum absolute atomic E-state index is 0.112. The third-order valence-corrected chi connectivity index (χ3v) is 9.93. The number of ketones is 1. The molecule has 1 atom stereocenters. The number of quaternary nitrogens is 1. The van der Waals surface area contributed by atoms with Gasteiger partial charge < -0.3 is 39.0 Å². The molecule has 0 saturated carbocycles. The number of piperazine rings is 1. The highest BCUT2D eigenvalue weighted by Gasteiger charge is 2.37. The molecule has 3 aromatic rings. The summed E-state index contributed by atoms with van der Waals surface area (Å²) in [6.45, 7) is 10.1. The lowest BCUT2D eigenvalue weighted by Gasteiger charge is -2.42. The summed E-state index contributed by atoms with van der Waals surface area (Å²) >= 11 is 0. The molecule has 15 nitrogen and oxygen atoms in total. The highest BCUT2D eigenvalue weighted by atomic mass is 16.7. The molecule has 2 N–H and O–H groups in total. The molecule has 3 aliphatic heterocycles. The number of Topliss-reactive ketones (excluding diaryl/α,β-unsaturated/α-hetero) is 1. The first-order chi connectivity index (χ1) is 25.8. The van der Waals surface area contributed by atoms with E-state index in [9.17, 15) is 24.0 Å². The van der Waals surface area contributed by atoms with Crippen molar-refractivity contribution < 1.29 is 47.4 Å². The van der Waals surface area contributed by atoms with E-state index in [1.54, 1.807) is 41.3 Å². The summed E-state index contributed by atoms with van der Waals surface area (Å²) in [4.78, 5) is 72.5. The second-order valence-corrected chi connectivity index (χ2v) is 15.2. The molecule has 2 aromatic carbocycles. The van der Waals surface area contributed by atoms with Gasteiger partial charge in [0.25, 0.3) is 11.8 Å². The Morgan fingerprint density at radius 1 is 0.963 bits per heavy atom. The number of pyridine rings is 1. The number of rotatable bonds is 12. The fraction of sp³-hybridized carbons (Fsp3) is 0.487. The van der Waals surface area contributed by atoms with Crippen LogP contribution in [0.1, 0.15) is 56.0 Å². The van der Waals surface area contributed by atoms with Crippen molar-refractivity contribution in [2.45, 2.75) is 58.2 Å². The fourth-order valence-corrected chi connectivity index (χ4v) is 6.89. The summed E-state index contributed by atoms with van der Waals surface area (Å²) in [5, 5.41) is 5.90. The van der Waals surface area contributed by atoms with Gasteiger partial charge in [-0.15, -0.1) is 0 Å². The first kappa shape index (κ1) is 38.3. The maximum atomic E-state index is 13.4. The molecule has 0 unspecified atom stereocenters. The monoisotopic (exact) mass is 745 g/mol. The van der Waals surface area contributed by atoms with Crippen molar-refractivity contribution in [3.05, 3.63) is 59.8 Å². The predicted molar refractivity (Wildman–Crippen MR) is 197 cm³/mol. The summed E-state index contributed by atoms with van der Waals surface area (Å²) in [5.74, 6) is -0.621. The first-order valence-electron chi connectivity index (χ1n) is 18.4. The quantitative estimate of drug-likeness (QED) is 0.160. The molecule has 0 spiro atoms. The lowest BCUT2D eigenvalue weighted by molar-refractivity contribution is -0.913. The van der Waals surface area contributed by atoms with E-state index in [-0.39, 0.29) is 26.0 Å². The van der Waals surface area contributed by atoms with Gasteiger partial charge in [0.05, 0.1) is 64.0 Å². The Morgan fingerprint density at radius 2 is 1.74 bits per heavy atom. The number of nitrogens with zero attached hydrogens (tertiary/aromatic N) is 4. The minimum Gasteiger partial charge on any atom is -0.493 e. The summed E-state index contributed by atoms with van der Waals surface area (Å²) in [6, 6.07) is 11.3. The van der Waals surface area contributed by atoms with Gasteiger partial charge in [-0.2, -0.15) is 0 Å². The van der Waals surface area contributed by atoms with Gasteiger partial charge in [0.1, 0.15) is 17.4 Å². The normalized spacial score (nSPS) is 17.6. The summed E-state index contributed by atoms with van der Waals surface area (Å²) in [6.07, 6.45) is 2.98. The molecule has 3 aliphatic rings. The number of fused-ring (bicyclic) bond motifs is 2. The number of ether oxygens (including phenoxy) is 4. The zero-order valence-electron chi connectivity index (χ0n) is 31.4. The van der Waals surface area contributed by atoms with Crippen LogP contribution in [0, 0.1) is 0 Å². The van der Waals surface area contributed by atoms with E-state index in [4.69, 9.17) is 18.9 Å². The molecule has 54 heavy (non-hydrogen) atoms. The van der Waals surface area contributed by atoms with Gasteiger partial charge in [-0.25, -0.2) is 4.79 Å². The van der Waals surface area contributed by atoms with Crippen molar-refractivity contribution in [2.24, 2.45) is 0 Å². The van der Waals surface area contributed by atoms with Crippen LogP contribution < -0.4 is 24.8 Å². The van der Waals surface area contributed by atoms with Crippen molar-refractivity contribution in [2.75, 3.05) is 66.3 Å². The molecule has 4 heterocycles. The van der Waals surface area contributed by atoms with Crippen LogP contribution in [0.25, 0.3) is 10.9 Å². The lowest BCUT2D eigenvalue weighted by Crippen LogP contribution is -2.59. The molecular weight excluding hydrogens is 696 g/mol. The number of benzene rings is 2. The molecule has 0 aliphatic carbocycles. The second-order valence-electron chi connectivity index (χ2n) is 15.2. The van der Waals surface area contributed by atoms with Gasteiger partial charge in [0, 0.05) is 31.1 Å². The van der Waals surface area contributed by atoms with Gasteiger partial charge in [0.2, 0.25) is 18.5 Å². The largest absolute Gasteiger partial charge is 0.493 e. The highest BCUT2D eigenvalue weighted by Crippen LogP contribution is 2.32. The number of amides is 4. The van der Waals surface area contributed by atoms with Gasteiger partial charge in [-0.05, 0) is 75.6 Å². The zero-order chi connectivity index (χ0) is 38.5. The van der Waals surface area contributed by atoms with Crippen molar-refractivity contribution in [3.63, 3.8) is 0 Å². The van der Waals surface area contributed by atoms with E-state index in [1.165, 1.54) is 11.1 Å². The molecule has 288 valence electrons.